The molecule has 9 heterocycles. The van der Waals surface area contributed by atoms with Crippen LogP contribution in [0.25, 0.3) is 0 Å². The summed E-state index contributed by atoms with van der Waals surface area (Å²) >= 11 is 0. The Labute approximate surface area is 584 Å². The second kappa shape index (κ2) is 36.0. The van der Waals surface area contributed by atoms with Crippen molar-refractivity contribution < 1.29 is 213 Å². The van der Waals surface area contributed by atoms with Crippen LogP contribution in [0.1, 0.15) is 34.6 Å². The summed E-state index contributed by atoms with van der Waals surface area (Å²) < 4.78 is 102. The molecule has 103 heavy (non-hydrogen) atoms. The summed E-state index contributed by atoms with van der Waals surface area (Å²) in [4.78, 5) is 27.0. The molecule has 0 aliphatic carbocycles. The van der Waals surface area contributed by atoms with E-state index in [9.17, 15) is 132 Å². The Kier molecular flexibility index (Phi) is 29.5. The molecule has 45 nitrogen and oxygen atoms in total. The molecule has 9 aliphatic rings. The molecule has 0 radical (unpaired) electrons. The molecular formula is C58H98N2O43. The summed E-state index contributed by atoms with van der Waals surface area (Å²) in [6.45, 7) is -1.14. The summed E-state index contributed by atoms with van der Waals surface area (Å²) in [6.07, 6.45) is -86.4. The van der Waals surface area contributed by atoms with E-state index in [1.54, 1.807) is 0 Å². The molecule has 9 rings (SSSR count). The van der Waals surface area contributed by atoms with Crippen molar-refractivity contribution in [2.45, 2.75) is 311 Å². The summed E-state index contributed by atoms with van der Waals surface area (Å²) in [7, 11) is 0. The maximum Gasteiger partial charge on any atom is 0.217 e. The van der Waals surface area contributed by atoms with Gasteiger partial charge >= 0.3 is 0 Å². The highest BCUT2D eigenvalue weighted by Crippen LogP contribution is 2.41. The summed E-state index contributed by atoms with van der Waals surface area (Å²) in [5.41, 5.74) is 0. The Hall–Kier alpha value is -2.70. The van der Waals surface area contributed by atoms with Gasteiger partial charge in [-0.1, -0.05) is 0 Å². The first-order valence-electron chi connectivity index (χ1n) is 33.2. The Morgan fingerprint density at radius 2 is 0.524 bits per heavy atom. The fraction of sp³-hybridized carbons (Fsp3) is 0.966. The molecule has 598 valence electrons. The Morgan fingerprint density at radius 3 is 0.883 bits per heavy atom. The molecule has 45 heteroatoms. The third kappa shape index (κ3) is 17.9. The van der Waals surface area contributed by atoms with Gasteiger partial charge in [0, 0.05) is 13.8 Å². The van der Waals surface area contributed by atoms with Gasteiger partial charge in [0.1, 0.15) is 201 Å². The number of hydrogen-bond acceptors (Lipinski definition) is 43. The van der Waals surface area contributed by atoms with Crippen LogP contribution in [0.4, 0.5) is 0 Å². The number of aliphatic hydroxyl groups excluding tert-OH is 24. The van der Waals surface area contributed by atoms with E-state index >= 15 is 0 Å². The Balaban J connectivity index is 1.07. The summed E-state index contributed by atoms with van der Waals surface area (Å²) in [5.74, 6) is -1.99. The molecular weight excluding hydrogens is 1410 g/mol. The average Bonchev–Trinajstić information content (AvgIpc) is 0.760. The van der Waals surface area contributed by atoms with E-state index in [1.165, 1.54) is 20.8 Å². The number of carbonyl (C=O) groups is 2. The van der Waals surface area contributed by atoms with Crippen molar-refractivity contribution in [3.05, 3.63) is 0 Å². The van der Waals surface area contributed by atoms with Crippen molar-refractivity contribution in [2.24, 2.45) is 0 Å². The molecule has 1 unspecified atom stereocenters. The quantitative estimate of drug-likeness (QED) is 0.0427. The lowest BCUT2D eigenvalue weighted by atomic mass is 9.93. The number of aliphatic hydroxyl groups is 24. The van der Waals surface area contributed by atoms with Gasteiger partial charge in [0.15, 0.2) is 56.6 Å². The average molecular weight is 1510 g/mol. The van der Waals surface area contributed by atoms with E-state index in [4.69, 9.17) is 80.5 Å². The minimum absolute atomic E-state index is 0.929. The number of carbonyl (C=O) groups excluding carboxylic acids is 2. The van der Waals surface area contributed by atoms with Gasteiger partial charge in [-0.2, -0.15) is 0 Å². The van der Waals surface area contributed by atoms with Crippen molar-refractivity contribution in [3.63, 3.8) is 0 Å². The second-order valence-corrected chi connectivity index (χ2v) is 26.6. The fourth-order valence-corrected chi connectivity index (χ4v) is 13.6. The van der Waals surface area contributed by atoms with E-state index < -0.39 is 328 Å². The molecule has 0 bridgehead atoms. The van der Waals surface area contributed by atoms with Crippen LogP contribution in [0.2, 0.25) is 0 Å². The van der Waals surface area contributed by atoms with Crippen LogP contribution in [0.5, 0.6) is 0 Å². The topological polar surface area (TPSA) is 701 Å². The Morgan fingerprint density at radius 1 is 0.252 bits per heavy atom. The predicted molar refractivity (Wildman–Crippen MR) is 316 cm³/mol. The van der Waals surface area contributed by atoms with Crippen LogP contribution in [-0.2, 0) is 90.1 Å². The van der Waals surface area contributed by atoms with Crippen LogP contribution in [0, 0.1) is 0 Å². The number of amides is 2. The molecule has 9 fully saturated rings. The minimum atomic E-state index is -2.50. The van der Waals surface area contributed by atoms with Gasteiger partial charge in [0.2, 0.25) is 11.8 Å². The molecule has 0 saturated carbocycles. The number of nitrogens with one attached hydrogen (secondary N) is 2. The van der Waals surface area contributed by atoms with Crippen molar-refractivity contribution >= 4 is 11.8 Å². The number of ether oxygens (including phenoxy) is 17. The monoisotopic (exact) mass is 1510 g/mol. The standard InChI is InChI=1S/C58H98N2O43/c1-12-25(69)31(75)37(81)53(87-12)97-44-22(11-66)95-52(24(60-16(5)68)46(44)100-58-49(34(78)28(72)17(6-61)93-58)103-55-39(83)33(77)27(71)14(3)89-55)102-48-30(74)19(8-63)92-57(41(48)85)98-43-21(10-65)94-51(23(59-15(4)67)45(43)99-54-38(82)32(76)26(70)13(2)88-54)101-47-29(73)18(7-62)91-56(40(47)84)96-42-20(9-64)90-50(86)36(80)35(42)79/h12-14,17-58,61-66,69-86H,6-11H2,1-5H3,(H,59,67)(H,60,68)/t12-,13-,14-,17-,18-,19-,20-,21-,22-,23-,24-,25+,26+,27+,28+,29+,30+,31+,32+,33+,34+,35-,36-,37-,38-,39-,40-,41-,42-,43-,44-,45-,46-,47+,48+,49-,50?,51+,52+,53-,54-,55-,56+,57+,58+/m1/s1. The van der Waals surface area contributed by atoms with Crippen LogP contribution in [0.3, 0.4) is 0 Å². The molecule has 9 aliphatic heterocycles. The van der Waals surface area contributed by atoms with Crippen LogP contribution in [0.15, 0.2) is 0 Å². The first kappa shape index (κ1) is 84.3. The molecule has 0 aromatic carbocycles. The predicted octanol–water partition coefficient (Wildman–Crippen LogP) is -17.3. The normalized spacial score (nSPS) is 52.3. The van der Waals surface area contributed by atoms with E-state index in [-0.39, 0.29) is 0 Å². The van der Waals surface area contributed by atoms with E-state index in [0.717, 1.165) is 13.8 Å². The maximum atomic E-state index is 13.6. The van der Waals surface area contributed by atoms with Gasteiger partial charge < -0.3 is 214 Å². The minimum Gasteiger partial charge on any atom is -0.394 e. The van der Waals surface area contributed by atoms with E-state index in [0.29, 0.717) is 0 Å². The zero-order valence-electron chi connectivity index (χ0n) is 55.7. The SMILES string of the molecule is CC(=O)N[C@H]1[C@H](O[C@H]2[C@@H](O)[C@@H](CO)O[C@@H](O[C@H]3[C@H](O[C@H]4O[C@H](C)[C@H](O)[C@H](O)[C@H]4O)[C@@H](NC(C)=O)[C@H](O[C@H]4[C@@H](O)[C@@H](CO)O[C@@H](O[C@H]5[C@H](O)[C@@H](O)C(O)O[C@@H]5CO)[C@@H]4O)O[C@@H]3CO)[C@@H]2O)O[C@H](CO)[C@@H](O[C@H]2O[C@H](C)[C@H](O)[C@H](O)[C@H]2O)[C@@H]1O[C@@H]1O[C@H](CO)[C@H](O)[C@H](O)[C@H]1O[C@H]1O[C@H](C)[C@H](O)[C@H](O)[C@H]1O. The van der Waals surface area contributed by atoms with Gasteiger partial charge in [0.25, 0.3) is 0 Å². The van der Waals surface area contributed by atoms with Gasteiger partial charge in [-0.3, -0.25) is 9.59 Å². The van der Waals surface area contributed by atoms with Crippen LogP contribution in [-0.4, -0.2) is 450 Å². The molecule has 45 atom stereocenters. The van der Waals surface area contributed by atoms with Crippen molar-refractivity contribution in [3.8, 4) is 0 Å². The van der Waals surface area contributed by atoms with E-state index in [1.807, 2.05) is 0 Å². The second-order valence-electron chi connectivity index (χ2n) is 26.6. The van der Waals surface area contributed by atoms with Crippen molar-refractivity contribution in [1.29, 1.82) is 0 Å². The molecule has 2 amide bonds. The Bertz CT molecular complexity index is 2660. The lowest BCUT2D eigenvalue weighted by Crippen LogP contribution is -2.72. The fourth-order valence-electron chi connectivity index (χ4n) is 13.6. The summed E-state index contributed by atoms with van der Waals surface area (Å²) in [5, 5.41) is 270. The highest BCUT2D eigenvalue weighted by molar-refractivity contribution is 5.73. The number of hydrogen-bond donors (Lipinski definition) is 26. The lowest BCUT2D eigenvalue weighted by molar-refractivity contribution is -0.404. The lowest BCUT2D eigenvalue weighted by Gasteiger charge is -2.53. The first-order valence-corrected chi connectivity index (χ1v) is 33.2. The third-order valence-corrected chi connectivity index (χ3v) is 19.5. The van der Waals surface area contributed by atoms with Gasteiger partial charge in [-0.25, -0.2) is 0 Å². The van der Waals surface area contributed by atoms with Crippen molar-refractivity contribution in [2.75, 3.05) is 39.6 Å². The summed E-state index contributed by atoms with van der Waals surface area (Å²) in [6, 6.07) is -4.05. The molecule has 0 spiro atoms. The zero-order valence-corrected chi connectivity index (χ0v) is 55.7. The van der Waals surface area contributed by atoms with Gasteiger partial charge in [-0.05, 0) is 20.8 Å². The van der Waals surface area contributed by atoms with E-state index in [2.05, 4.69) is 10.6 Å². The maximum absolute atomic E-state index is 13.6. The number of rotatable bonds is 24. The molecule has 0 aromatic heterocycles. The first-order chi connectivity index (χ1) is 48.6. The smallest absolute Gasteiger partial charge is 0.217 e. The van der Waals surface area contributed by atoms with Gasteiger partial charge in [-0.15, -0.1) is 0 Å². The van der Waals surface area contributed by atoms with Crippen LogP contribution < -0.4 is 10.6 Å². The largest absolute Gasteiger partial charge is 0.394 e. The highest BCUT2D eigenvalue weighted by atomic mass is 16.8. The molecule has 26 N–H and O–H groups in total. The van der Waals surface area contributed by atoms with Crippen LogP contribution >= 0.6 is 0 Å². The highest BCUT2D eigenvalue weighted by Gasteiger charge is 2.62. The van der Waals surface area contributed by atoms with Crippen molar-refractivity contribution in [1.82, 2.24) is 10.6 Å². The third-order valence-electron chi connectivity index (χ3n) is 19.5. The zero-order chi connectivity index (χ0) is 75.8. The van der Waals surface area contributed by atoms with Gasteiger partial charge in [0.05, 0.1) is 58.0 Å². The molecule has 0 aromatic rings. The molecule has 9 saturated heterocycles.